The number of carboxylic acid groups (broad SMARTS) is 1. The lowest BCUT2D eigenvalue weighted by Gasteiger charge is -1.79. The number of rotatable bonds is 1. The summed E-state index contributed by atoms with van der Waals surface area (Å²) in [7, 11) is 0. The molecule has 2 rings (SSSR count). The van der Waals surface area contributed by atoms with E-state index < -0.39 is 5.97 Å². The van der Waals surface area contributed by atoms with Gasteiger partial charge in [0.2, 0.25) is 0 Å². The fraction of sp³-hybridized carbons (Fsp3) is 0.727. The quantitative estimate of drug-likeness (QED) is 0.537. The van der Waals surface area contributed by atoms with Crippen LogP contribution in [0.15, 0.2) is 12.2 Å². The van der Waals surface area contributed by atoms with Gasteiger partial charge in [-0.15, -0.1) is 0 Å². The van der Waals surface area contributed by atoms with Crippen molar-refractivity contribution in [3.63, 3.8) is 0 Å². The summed E-state index contributed by atoms with van der Waals surface area (Å²) in [5.41, 5.74) is 0.176. The molecule has 1 unspecified atom stereocenters. The molecule has 0 aliphatic carbocycles. The summed E-state index contributed by atoms with van der Waals surface area (Å²) in [5.74, 6) is -0.935. The van der Waals surface area contributed by atoms with Crippen molar-refractivity contribution in [2.45, 2.75) is 32.8 Å². The van der Waals surface area contributed by atoms with Gasteiger partial charge in [-0.25, -0.2) is 4.79 Å². The molecule has 2 heterocycles. The smallest absolute Gasteiger partial charge is 0.330 e. The summed E-state index contributed by atoms with van der Waals surface area (Å²) in [4.78, 5) is 9.60. The van der Waals surface area contributed by atoms with Gasteiger partial charge in [-0.05, 0) is 26.7 Å². The standard InChI is InChI=1S/C4H6O2.C4H8O.C3H6O/c1-3(2)4(5)6;1-2-4-5-3-1;1-3-2-4-3/h1H2,2H3,(H,5,6);1-4H2;3H,2H2,1H3. The molecule has 0 amide bonds. The van der Waals surface area contributed by atoms with Crippen LogP contribution in [0.2, 0.25) is 0 Å². The number of hydrogen-bond donors (Lipinski definition) is 1. The lowest BCUT2D eigenvalue weighted by Crippen LogP contribution is -1.92. The van der Waals surface area contributed by atoms with Crippen molar-refractivity contribution in [3.8, 4) is 0 Å². The minimum absolute atomic E-state index is 0.176. The Morgan fingerprint density at radius 2 is 1.73 bits per heavy atom. The maximum Gasteiger partial charge on any atom is 0.330 e. The number of hydrogen-bond acceptors (Lipinski definition) is 3. The maximum absolute atomic E-state index is 9.60. The Hall–Kier alpha value is -0.870. The Bertz CT molecular complexity index is 173. The SMILES string of the molecule is C1CCOC1.C=C(C)C(=O)O.CC1CO1. The molecule has 15 heavy (non-hydrogen) atoms. The molecular weight excluding hydrogens is 196 g/mol. The average molecular weight is 216 g/mol. The molecule has 0 aromatic heterocycles. The van der Waals surface area contributed by atoms with E-state index in [9.17, 15) is 4.79 Å². The third kappa shape index (κ3) is 13.1. The maximum atomic E-state index is 9.60. The lowest BCUT2D eigenvalue weighted by atomic mass is 10.4. The molecule has 1 atom stereocenters. The van der Waals surface area contributed by atoms with E-state index in [-0.39, 0.29) is 5.57 Å². The molecule has 0 bridgehead atoms. The molecule has 0 radical (unpaired) electrons. The Morgan fingerprint density at radius 1 is 1.40 bits per heavy atom. The van der Waals surface area contributed by atoms with E-state index in [2.05, 4.69) is 13.5 Å². The molecule has 2 saturated heterocycles. The van der Waals surface area contributed by atoms with Crippen molar-refractivity contribution in [2.75, 3.05) is 19.8 Å². The molecule has 4 heteroatoms. The van der Waals surface area contributed by atoms with E-state index in [0.717, 1.165) is 19.8 Å². The number of epoxide rings is 1. The van der Waals surface area contributed by atoms with E-state index >= 15 is 0 Å². The van der Waals surface area contributed by atoms with Crippen LogP contribution in [0.25, 0.3) is 0 Å². The Morgan fingerprint density at radius 3 is 1.80 bits per heavy atom. The van der Waals surface area contributed by atoms with Gasteiger partial charge in [0.1, 0.15) is 0 Å². The van der Waals surface area contributed by atoms with Crippen molar-refractivity contribution in [1.82, 2.24) is 0 Å². The highest BCUT2D eigenvalue weighted by Gasteiger charge is 2.13. The zero-order chi connectivity index (χ0) is 11.7. The first-order chi connectivity index (χ1) is 7.04. The monoisotopic (exact) mass is 216 g/mol. The molecule has 0 aromatic carbocycles. The van der Waals surface area contributed by atoms with Crippen molar-refractivity contribution in [1.29, 1.82) is 0 Å². The fourth-order valence-electron chi connectivity index (χ4n) is 0.607. The summed E-state index contributed by atoms with van der Waals surface area (Å²) in [5, 5.41) is 7.89. The van der Waals surface area contributed by atoms with Crippen LogP contribution in [0.3, 0.4) is 0 Å². The topological polar surface area (TPSA) is 59.1 Å². The zero-order valence-electron chi connectivity index (χ0n) is 9.49. The van der Waals surface area contributed by atoms with Crippen LogP contribution in [0.5, 0.6) is 0 Å². The van der Waals surface area contributed by atoms with Crippen LogP contribution < -0.4 is 0 Å². The Balaban J connectivity index is 0.000000199. The van der Waals surface area contributed by atoms with E-state index in [1.54, 1.807) is 0 Å². The Kier molecular flexibility index (Phi) is 7.95. The summed E-state index contributed by atoms with van der Waals surface area (Å²) < 4.78 is 9.65. The highest BCUT2D eigenvalue weighted by molar-refractivity contribution is 5.84. The molecule has 2 fully saturated rings. The molecule has 4 nitrogen and oxygen atoms in total. The predicted molar refractivity (Wildman–Crippen MR) is 57.9 cm³/mol. The first kappa shape index (κ1) is 14.1. The third-order valence-electron chi connectivity index (χ3n) is 1.69. The van der Waals surface area contributed by atoms with Gasteiger partial charge < -0.3 is 14.6 Å². The van der Waals surface area contributed by atoms with Gasteiger partial charge in [0.15, 0.2) is 0 Å². The molecule has 0 saturated carbocycles. The average Bonchev–Trinajstić information content (AvgIpc) is 2.76. The zero-order valence-corrected chi connectivity index (χ0v) is 9.49. The van der Waals surface area contributed by atoms with Gasteiger partial charge in [-0.1, -0.05) is 6.58 Å². The number of carboxylic acids is 1. The van der Waals surface area contributed by atoms with Gasteiger partial charge in [-0.2, -0.15) is 0 Å². The second-order valence-corrected chi connectivity index (χ2v) is 3.55. The highest BCUT2D eigenvalue weighted by atomic mass is 16.6. The number of carbonyl (C=O) groups is 1. The van der Waals surface area contributed by atoms with Crippen LogP contribution in [0.1, 0.15) is 26.7 Å². The van der Waals surface area contributed by atoms with Crippen molar-refractivity contribution < 1.29 is 19.4 Å². The summed E-state index contributed by atoms with van der Waals surface area (Å²) in [6.45, 7) is 9.64. The first-order valence-corrected chi connectivity index (χ1v) is 5.12. The molecule has 0 aromatic rings. The second-order valence-electron chi connectivity index (χ2n) is 3.55. The highest BCUT2D eigenvalue weighted by Crippen LogP contribution is 2.04. The minimum atomic E-state index is -0.935. The second kappa shape index (κ2) is 8.44. The first-order valence-electron chi connectivity index (χ1n) is 5.12. The van der Waals surface area contributed by atoms with Crippen LogP contribution in [-0.4, -0.2) is 37.0 Å². The van der Waals surface area contributed by atoms with Gasteiger partial charge >= 0.3 is 5.97 Å². The largest absolute Gasteiger partial charge is 0.478 e. The molecule has 0 spiro atoms. The molecule has 88 valence electrons. The third-order valence-corrected chi connectivity index (χ3v) is 1.69. The van der Waals surface area contributed by atoms with Crippen molar-refractivity contribution in [3.05, 3.63) is 12.2 Å². The Labute approximate surface area is 90.9 Å². The van der Waals surface area contributed by atoms with Gasteiger partial charge in [0, 0.05) is 18.8 Å². The van der Waals surface area contributed by atoms with Gasteiger partial charge in [-0.3, -0.25) is 0 Å². The molecule has 2 aliphatic heterocycles. The van der Waals surface area contributed by atoms with Crippen LogP contribution >= 0.6 is 0 Å². The van der Waals surface area contributed by atoms with Crippen molar-refractivity contribution in [2.24, 2.45) is 0 Å². The normalized spacial score (nSPS) is 21.6. The molecule has 2 aliphatic rings. The number of aliphatic carboxylic acids is 1. The van der Waals surface area contributed by atoms with E-state index in [0.29, 0.717) is 6.10 Å². The van der Waals surface area contributed by atoms with E-state index in [1.165, 1.54) is 19.8 Å². The molecular formula is C11H20O4. The van der Waals surface area contributed by atoms with Gasteiger partial charge in [0.25, 0.3) is 0 Å². The fourth-order valence-corrected chi connectivity index (χ4v) is 0.607. The molecule has 1 N–H and O–H groups in total. The van der Waals surface area contributed by atoms with Crippen LogP contribution in [0, 0.1) is 0 Å². The summed E-state index contributed by atoms with van der Waals surface area (Å²) in [6.07, 6.45) is 3.14. The summed E-state index contributed by atoms with van der Waals surface area (Å²) in [6, 6.07) is 0. The van der Waals surface area contributed by atoms with Crippen molar-refractivity contribution >= 4 is 5.97 Å². The summed E-state index contributed by atoms with van der Waals surface area (Å²) >= 11 is 0. The van der Waals surface area contributed by atoms with Gasteiger partial charge in [0.05, 0.1) is 12.7 Å². The number of ether oxygens (including phenoxy) is 2. The lowest BCUT2D eigenvalue weighted by molar-refractivity contribution is -0.132. The van der Waals surface area contributed by atoms with E-state index in [1.807, 2.05) is 0 Å². The van der Waals surface area contributed by atoms with Crippen LogP contribution in [0.4, 0.5) is 0 Å². The predicted octanol–water partition coefficient (Wildman–Crippen LogP) is 1.85. The van der Waals surface area contributed by atoms with E-state index in [4.69, 9.17) is 14.6 Å². The minimum Gasteiger partial charge on any atom is -0.478 e. The van der Waals surface area contributed by atoms with Crippen LogP contribution in [-0.2, 0) is 14.3 Å².